The van der Waals surface area contributed by atoms with Crippen molar-refractivity contribution in [3.8, 4) is 5.75 Å². The van der Waals surface area contributed by atoms with Crippen LogP contribution in [0.1, 0.15) is 41.4 Å². The minimum absolute atomic E-state index is 0.144. The molecule has 1 saturated heterocycles. The third-order valence-corrected chi connectivity index (χ3v) is 10.2. The van der Waals surface area contributed by atoms with Crippen molar-refractivity contribution in [2.45, 2.75) is 35.6 Å². The lowest BCUT2D eigenvalue weighted by Gasteiger charge is -2.42. The third-order valence-electron chi connectivity index (χ3n) is 7.63. The van der Waals surface area contributed by atoms with Gasteiger partial charge in [0, 0.05) is 30.5 Å². The van der Waals surface area contributed by atoms with Crippen molar-refractivity contribution in [2.75, 3.05) is 13.1 Å². The number of amides is 1. The fraction of sp³-hybridized carbons (Fsp3) is 0.286. The zero-order valence-electron chi connectivity index (χ0n) is 20.9. The Balaban J connectivity index is 1.54. The van der Waals surface area contributed by atoms with Crippen molar-refractivity contribution in [1.82, 2.24) is 14.9 Å². The number of hydrogen-bond donors (Lipinski definition) is 2. The van der Waals surface area contributed by atoms with Crippen LogP contribution in [0.5, 0.6) is 5.75 Å². The molecule has 11 heteroatoms. The average Bonchev–Trinajstić information content (AvgIpc) is 3.37. The van der Waals surface area contributed by atoms with Crippen molar-refractivity contribution >= 4 is 26.6 Å². The predicted molar refractivity (Wildman–Crippen MR) is 139 cm³/mol. The summed E-state index contributed by atoms with van der Waals surface area (Å²) in [7, 11) is -4.36. The number of rotatable bonds is 5. The quantitative estimate of drug-likeness (QED) is 0.336. The van der Waals surface area contributed by atoms with Gasteiger partial charge in [-0.25, -0.2) is 8.42 Å². The maximum atomic E-state index is 14.3. The monoisotopic (exact) mass is 557 g/mol. The van der Waals surface area contributed by atoms with Crippen LogP contribution in [0.2, 0.25) is 0 Å². The molecule has 1 unspecified atom stereocenters. The van der Waals surface area contributed by atoms with Gasteiger partial charge in [0.25, 0.3) is 5.91 Å². The molecule has 1 aliphatic heterocycles. The van der Waals surface area contributed by atoms with Crippen LogP contribution in [0.15, 0.2) is 78.0 Å². The second-order valence-electron chi connectivity index (χ2n) is 9.90. The molecule has 2 N–H and O–H groups in total. The lowest BCUT2D eigenvalue weighted by Crippen LogP contribution is -2.48. The van der Waals surface area contributed by atoms with Crippen LogP contribution in [0.25, 0.3) is 10.9 Å². The number of likely N-dealkylation sites (tertiary alicyclic amines) is 1. The summed E-state index contributed by atoms with van der Waals surface area (Å²) < 4.78 is 67.4. The van der Waals surface area contributed by atoms with Gasteiger partial charge >= 0.3 is 6.18 Å². The summed E-state index contributed by atoms with van der Waals surface area (Å²) in [6.07, 6.45) is -1.55. The van der Waals surface area contributed by atoms with Gasteiger partial charge in [0.1, 0.15) is 10.5 Å². The van der Waals surface area contributed by atoms with Crippen LogP contribution in [-0.4, -0.2) is 47.4 Å². The summed E-state index contributed by atoms with van der Waals surface area (Å²) in [6, 6.07) is 14.1. The van der Waals surface area contributed by atoms with E-state index in [-0.39, 0.29) is 30.3 Å². The number of carbonyl (C=O) groups excluding carboxylic acids is 1. The van der Waals surface area contributed by atoms with E-state index < -0.39 is 37.1 Å². The molecule has 0 aliphatic carbocycles. The molecule has 5 rings (SSSR count). The number of aromatic amines is 1. The zero-order chi connectivity index (χ0) is 28.0. The number of aromatic hydroxyl groups is 1. The molecule has 0 radical (unpaired) electrons. The molecule has 0 spiro atoms. The molecular weight excluding hydrogens is 531 g/mol. The first kappa shape index (κ1) is 26.7. The number of fused-ring (bicyclic) bond motifs is 1. The lowest BCUT2D eigenvalue weighted by molar-refractivity contribution is -0.137. The molecule has 4 aromatic rings. The largest absolute Gasteiger partial charge is 0.506 e. The smallest absolute Gasteiger partial charge is 0.416 e. The number of pyridine rings is 1. The summed E-state index contributed by atoms with van der Waals surface area (Å²) in [5.74, 6) is -1.00. The van der Waals surface area contributed by atoms with Gasteiger partial charge in [0.05, 0.1) is 22.2 Å². The summed E-state index contributed by atoms with van der Waals surface area (Å²) in [5.41, 5.74) is 0.260. The van der Waals surface area contributed by atoms with E-state index in [2.05, 4.69) is 9.97 Å². The Labute approximate surface area is 223 Å². The number of para-hydroxylation sites is 1. The standard InChI is InChI=1S/C28H26F3N3O4S/c1-27(25-14-18-5-2-3-8-24(18)33-25,39(37,38)23-7-4-6-21(15-23)28(29,30)31)20-9-11-34(12-10-20)26(36)19-13-22(35)17-32-16-19/h2-8,13-17,20,33,35H,9-12H2,1H3. The Hall–Kier alpha value is -3.86. The molecule has 204 valence electrons. The van der Waals surface area contributed by atoms with Crippen molar-refractivity contribution in [3.05, 3.63) is 89.9 Å². The minimum atomic E-state index is -4.70. The van der Waals surface area contributed by atoms with Gasteiger partial charge in [-0.2, -0.15) is 13.2 Å². The Morgan fingerprint density at radius 1 is 1.03 bits per heavy atom. The van der Waals surface area contributed by atoms with Crippen molar-refractivity contribution < 1.29 is 31.5 Å². The van der Waals surface area contributed by atoms with Gasteiger partial charge in [0.15, 0.2) is 9.84 Å². The Bertz CT molecular complexity index is 1610. The highest BCUT2D eigenvalue weighted by molar-refractivity contribution is 7.92. The van der Waals surface area contributed by atoms with E-state index in [9.17, 15) is 31.5 Å². The summed E-state index contributed by atoms with van der Waals surface area (Å²) >= 11 is 0. The van der Waals surface area contributed by atoms with Gasteiger partial charge in [-0.1, -0.05) is 24.3 Å². The van der Waals surface area contributed by atoms with Gasteiger partial charge in [-0.15, -0.1) is 0 Å². The SMILES string of the molecule is CC(c1cc2ccccc2[nH]1)(C1CCN(C(=O)c2cncc(O)c2)CC1)S(=O)(=O)c1cccc(C(F)(F)F)c1. The molecule has 1 atom stereocenters. The zero-order valence-corrected chi connectivity index (χ0v) is 21.8. The number of piperidine rings is 1. The maximum Gasteiger partial charge on any atom is 0.416 e. The topological polar surface area (TPSA) is 103 Å². The number of H-pyrrole nitrogens is 1. The van der Waals surface area contributed by atoms with E-state index in [1.807, 2.05) is 18.2 Å². The molecule has 0 saturated carbocycles. The first-order chi connectivity index (χ1) is 18.4. The van der Waals surface area contributed by atoms with Crippen LogP contribution >= 0.6 is 0 Å². The number of carbonyl (C=O) groups is 1. The Morgan fingerprint density at radius 2 is 1.74 bits per heavy atom. The molecule has 3 heterocycles. The third kappa shape index (κ3) is 4.75. The fourth-order valence-electron chi connectivity index (χ4n) is 5.37. The average molecular weight is 558 g/mol. The van der Waals surface area contributed by atoms with Crippen molar-refractivity contribution in [1.29, 1.82) is 0 Å². The second kappa shape index (κ2) is 9.71. The first-order valence-electron chi connectivity index (χ1n) is 12.3. The molecule has 2 aromatic carbocycles. The van der Waals surface area contributed by atoms with E-state index in [0.29, 0.717) is 30.1 Å². The molecule has 1 amide bonds. The summed E-state index contributed by atoms with van der Waals surface area (Å²) in [4.78, 5) is 21.2. The molecule has 7 nitrogen and oxygen atoms in total. The first-order valence-corrected chi connectivity index (χ1v) is 13.8. The molecular formula is C28H26F3N3O4S. The normalized spacial score (nSPS) is 16.8. The maximum absolute atomic E-state index is 14.3. The van der Waals surface area contributed by atoms with E-state index in [4.69, 9.17) is 0 Å². The number of halogens is 3. The number of hydrogen-bond acceptors (Lipinski definition) is 5. The Kier molecular flexibility index (Phi) is 6.66. The van der Waals surface area contributed by atoms with Gasteiger partial charge in [-0.05, 0) is 67.5 Å². The molecule has 1 aliphatic rings. The number of alkyl halides is 3. The highest BCUT2D eigenvalue weighted by Crippen LogP contribution is 2.47. The van der Waals surface area contributed by atoms with Gasteiger partial charge < -0.3 is 15.0 Å². The molecule has 0 bridgehead atoms. The molecule has 39 heavy (non-hydrogen) atoms. The van der Waals surface area contributed by atoms with Crippen molar-refractivity contribution in [2.24, 2.45) is 5.92 Å². The predicted octanol–water partition coefficient (Wildman–Crippen LogP) is 5.53. The molecule has 2 aromatic heterocycles. The highest BCUT2D eigenvalue weighted by Gasteiger charge is 2.50. The van der Waals surface area contributed by atoms with E-state index in [0.717, 1.165) is 17.5 Å². The Morgan fingerprint density at radius 3 is 2.41 bits per heavy atom. The van der Waals surface area contributed by atoms with Crippen LogP contribution in [0.3, 0.4) is 0 Å². The van der Waals surface area contributed by atoms with Crippen molar-refractivity contribution in [3.63, 3.8) is 0 Å². The number of aromatic nitrogens is 2. The highest BCUT2D eigenvalue weighted by atomic mass is 32.2. The number of nitrogens with one attached hydrogen (secondary N) is 1. The van der Waals surface area contributed by atoms with Crippen LogP contribution in [0.4, 0.5) is 13.2 Å². The van der Waals surface area contributed by atoms with Gasteiger partial charge in [0.2, 0.25) is 0 Å². The number of sulfone groups is 1. The lowest BCUT2D eigenvalue weighted by atomic mass is 9.82. The summed E-state index contributed by atoms with van der Waals surface area (Å²) in [5, 5.41) is 10.5. The van der Waals surface area contributed by atoms with Gasteiger partial charge in [-0.3, -0.25) is 9.78 Å². The van der Waals surface area contributed by atoms with Crippen LogP contribution < -0.4 is 0 Å². The van der Waals surface area contributed by atoms with E-state index in [1.54, 1.807) is 24.0 Å². The van der Waals surface area contributed by atoms with Crippen LogP contribution in [0, 0.1) is 5.92 Å². The number of nitrogens with zero attached hydrogens (tertiary/aromatic N) is 2. The number of benzene rings is 2. The summed E-state index contributed by atoms with van der Waals surface area (Å²) in [6.45, 7) is 2.01. The van der Waals surface area contributed by atoms with E-state index >= 15 is 0 Å². The second-order valence-corrected chi connectivity index (χ2v) is 12.2. The van der Waals surface area contributed by atoms with E-state index in [1.165, 1.54) is 24.5 Å². The fourth-order valence-corrected chi connectivity index (χ4v) is 7.47. The van der Waals surface area contributed by atoms with Crippen LogP contribution in [-0.2, 0) is 20.8 Å². The minimum Gasteiger partial charge on any atom is -0.506 e. The molecule has 1 fully saturated rings.